The Morgan fingerprint density at radius 3 is 1.61 bits per heavy atom. The van der Waals surface area contributed by atoms with E-state index in [4.69, 9.17) is 0 Å². The second-order valence-corrected chi connectivity index (χ2v) is 14.6. The van der Waals surface area contributed by atoms with Crippen molar-refractivity contribution in [2.75, 3.05) is 82.8 Å². The number of piperidine rings is 2. The maximum atomic E-state index is 2.69. The highest BCUT2D eigenvalue weighted by Gasteiger charge is 2.28. The van der Waals surface area contributed by atoms with Crippen molar-refractivity contribution < 1.29 is 0 Å². The first-order valence-corrected chi connectivity index (χ1v) is 18.1. The van der Waals surface area contributed by atoms with Gasteiger partial charge in [0.1, 0.15) is 0 Å². The van der Waals surface area contributed by atoms with Crippen LogP contribution in [0.15, 0.2) is 72.8 Å². The number of fused-ring (bicyclic) bond motifs is 1. The summed E-state index contributed by atoms with van der Waals surface area (Å²) < 4.78 is 0. The fourth-order valence-electron chi connectivity index (χ4n) is 7.37. The third-order valence-electron chi connectivity index (χ3n) is 10.9. The molecule has 0 spiro atoms. The van der Waals surface area contributed by atoms with Gasteiger partial charge in [0.15, 0.2) is 0 Å². The van der Waals surface area contributed by atoms with E-state index in [2.05, 4.69) is 139 Å². The molecule has 4 fully saturated rings. The number of hydrogen-bond donors (Lipinski definition) is 0. The Morgan fingerprint density at radius 1 is 0.522 bits per heavy atom. The molecular weight excluding hydrogens is 562 g/mol. The number of benzene rings is 3. The lowest BCUT2D eigenvalue weighted by molar-refractivity contribution is 0.133. The molecule has 0 amide bonds. The van der Waals surface area contributed by atoms with Gasteiger partial charge in [-0.05, 0) is 123 Å². The SMILES string of the molecule is Cc1ccc(C2CCN(C)CC2)cc1.Cc1ccc(N2CCN(C)C(C)C2)cc1.Cc1ccc(N2CCN3CCCCC3C2)cc1. The number of rotatable bonds is 3. The third kappa shape index (κ3) is 9.82. The molecule has 46 heavy (non-hydrogen) atoms. The zero-order valence-corrected chi connectivity index (χ0v) is 29.8. The topological polar surface area (TPSA) is 16.2 Å². The average molecular weight is 624 g/mol. The van der Waals surface area contributed by atoms with Gasteiger partial charge >= 0.3 is 0 Å². The lowest BCUT2D eigenvalue weighted by Crippen LogP contribution is -2.54. The van der Waals surface area contributed by atoms with Crippen LogP contribution in [0.4, 0.5) is 11.4 Å². The molecule has 0 radical (unpaired) electrons. The van der Waals surface area contributed by atoms with Crippen LogP contribution in [0.25, 0.3) is 0 Å². The number of hydrogen-bond acceptors (Lipinski definition) is 5. The van der Waals surface area contributed by atoms with E-state index in [1.807, 2.05) is 0 Å². The van der Waals surface area contributed by atoms with Crippen molar-refractivity contribution in [2.24, 2.45) is 0 Å². The molecule has 4 saturated heterocycles. The second-order valence-electron chi connectivity index (χ2n) is 14.6. The van der Waals surface area contributed by atoms with Gasteiger partial charge in [0.2, 0.25) is 0 Å². The van der Waals surface area contributed by atoms with Gasteiger partial charge in [0, 0.05) is 62.7 Å². The molecule has 0 N–H and O–H groups in total. The van der Waals surface area contributed by atoms with Crippen LogP contribution in [0.3, 0.4) is 0 Å². The molecule has 3 aromatic carbocycles. The highest BCUT2D eigenvalue weighted by Crippen LogP contribution is 2.28. The molecule has 0 aliphatic carbocycles. The Balaban J connectivity index is 0.000000137. The predicted octanol–water partition coefficient (Wildman–Crippen LogP) is 7.61. The highest BCUT2D eigenvalue weighted by atomic mass is 15.3. The molecule has 0 saturated carbocycles. The first kappa shape index (κ1) is 34.5. The molecule has 2 atom stereocenters. The van der Waals surface area contributed by atoms with Crippen molar-refractivity contribution in [3.63, 3.8) is 0 Å². The van der Waals surface area contributed by atoms with E-state index in [0.717, 1.165) is 31.6 Å². The molecular formula is C41H61N5. The highest BCUT2D eigenvalue weighted by molar-refractivity contribution is 5.49. The average Bonchev–Trinajstić information content (AvgIpc) is 3.08. The summed E-state index contributed by atoms with van der Waals surface area (Å²) in [5, 5.41) is 0. The van der Waals surface area contributed by atoms with Gasteiger partial charge in [-0.1, -0.05) is 71.6 Å². The first-order valence-electron chi connectivity index (χ1n) is 18.1. The summed E-state index contributed by atoms with van der Waals surface area (Å²) in [7, 11) is 4.42. The van der Waals surface area contributed by atoms with Gasteiger partial charge in [-0.2, -0.15) is 0 Å². The molecule has 0 bridgehead atoms. The Labute approximate surface area is 281 Å². The minimum Gasteiger partial charge on any atom is -0.369 e. The van der Waals surface area contributed by atoms with E-state index >= 15 is 0 Å². The monoisotopic (exact) mass is 623 g/mol. The summed E-state index contributed by atoms with van der Waals surface area (Å²) in [6.45, 7) is 19.7. The lowest BCUT2D eigenvalue weighted by atomic mass is 9.89. The van der Waals surface area contributed by atoms with Gasteiger partial charge in [-0.3, -0.25) is 4.90 Å². The van der Waals surface area contributed by atoms with E-state index in [1.165, 1.54) is 105 Å². The number of piperazine rings is 2. The molecule has 4 aliphatic heterocycles. The van der Waals surface area contributed by atoms with Crippen molar-refractivity contribution in [3.05, 3.63) is 95.1 Å². The minimum atomic E-state index is 0.653. The van der Waals surface area contributed by atoms with E-state index < -0.39 is 0 Å². The summed E-state index contributed by atoms with van der Waals surface area (Å²) in [5.74, 6) is 0.798. The number of likely N-dealkylation sites (N-methyl/N-ethyl adjacent to an activating group) is 1. The molecule has 250 valence electrons. The number of aryl methyl sites for hydroxylation is 3. The zero-order valence-electron chi connectivity index (χ0n) is 29.8. The predicted molar refractivity (Wildman–Crippen MR) is 199 cm³/mol. The summed E-state index contributed by atoms with van der Waals surface area (Å²) in [4.78, 5) is 12.6. The summed E-state index contributed by atoms with van der Waals surface area (Å²) in [5.41, 5.74) is 8.35. The van der Waals surface area contributed by atoms with E-state index in [-0.39, 0.29) is 0 Å². The fraction of sp³-hybridized carbons (Fsp3) is 0.561. The van der Waals surface area contributed by atoms with Gasteiger partial charge in [0.25, 0.3) is 0 Å². The maximum absolute atomic E-state index is 2.69. The van der Waals surface area contributed by atoms with Crippen LogP contribution < -0.4 is 9.80 Å². The van der Waals surface area contributed by atoms with Crippen molar-refractivity contribution in [2.45, 2.75) is 77.8 Å². The third-order valence-corrected chi connectivity index (χ3v) is 10.9. The van der Waals surface area contributed by atoms with Crippen LogP contribution >= 0.6 is 0 Å². The quantitative estimate of drug-likeness (QED) is 0.298. The second kappa shape index (κ2) is 16.8. The number of nitrogens with zero attached hydrogens (tertiary/aromatic N) is 5. The summed E-state index contributed by atoms with van der Waals surface area (Å²) in [6, 6.07) is 28.3. The van der Waals surface area contributed by atoms with Crippen LogP contribution in [0.5, 0.6) is 0 Å². The van der Waals surface area contributed by atoms with E-state index in [1.54, 1.807) is 0 Å². The lowest BCUT2D eigenvalue weighted by Gasteiger charge is -2.45. The largest absolute Gasteiger partial charge is 0.369 e. The van der Waals surface area contributed by atoms with Gasteiger partial charge in [-0.25, -0.2) is 0 Å². The zero-order chi connectivity index (χ0) is 32.5. The summed E-state index contributed by atoms with van der Waals surface area (Å²) in [6.07, 6.45) is 6.85. The molecule has 4 aliphatic rings. The fourth-order valence-corrected chi connectivity index (χ4v) is 7.37. The maximum Gasteiger partial charge on any atom is 0.0367 e. The smallest absolute Gasteiger partial charge is 0.0367 e. The normalized spacial score (nSPS) is 23.1. The van der Waals surface area contributed by atoms with Gasteiger partial charge in [0.05, 0.1) is 0 Å². The molecule has 2 unspecified atom stereocenters. The number of anilines is 2. The molecule has 5 heteroatoms. The molecule has 7 rings (SSSR count). The molecule has 0 aromatic heterocycles. The molecule has 5 nitrogen and oxygen atoms in total. The first-order chi connectivity index (χ1) is 22.2. The van der Waals surface area contributed by atoms with Crippen molar-refractivity contribution in [1.29, 1.82) is 0 Å². The van der Waals surface area contributed by atoms with Gasteiger partial charge < -0.3 is 19.6 Å². The Hall–Kier alpha value is -2.86. The van der Waals surface area contributed by atoms with Crippen LogP contribution in [-0.2, 0) is 0 Å². The molecule has 4 heterocycles. The van der Waals surface area contributed by atoms with Crippen molar-refractivity contribution >= 4 is 11.4 Å². The Kier molecular flexibility index (Phi) is 12.6. The van der Waals surface area contributed by atoms with Crippen LogP contribution in [-0.4, -0.2) is 99.8 Å². The van der Waals surface area contributed by atoms with Crippen LogP contribution in [0.2, 0.25) is 0 Å². The van der Waals surface area contributed by atoms with E-state index in [0.29, 0.717) is 6.04 Å². The van der Waals surface area contributed by atoms with Crippen LogP contribution in [0, 0.1) is 20.8 Å². The van der Waals surface area contributed by atoms with Gasteiger partial charge in [-0.15, -0.1) is 0 Å². The Bertz CT molecular complexity index is 1300. The minimum absolute atomic E-state index is 0.653. The standard InChI is InChI=1S/C15H22N2.C13H20N2.C13H19N/c1-13-5-7-14(8-6-13)17-11-10-16-9-3-2-4-15(16)12-17;1-11-4-6-13(7-5-11)15-9-8-14(3)12(2)10-15;1-11-3-5-12(6-4-11)13-7-9-14(2)10-8-13/h5-8,15H,2-4,9-12H2,1H3;4-7,12H,8-10H2,1-3H3;3-6,13H,7-10H2,1-2H3. The Morgan fingerprint density at radius 2 is 1.04 bits per heavy atom. The molecule has 3 aromatic rings. The summed E-state index contributed by atoms with van der Waals surface area (Å²) >= 11 is 0. The van der Waals surface area contributed by atoms with Crippen molar-refractivity contribution in [1.82, 2.24) is 14.7 Å². The van der Waals surface area contributed by atoms with E-state index in [9.17, 15) is 0 Å². The van der Waals surface area contributed by atoms with Crippen LogP contribution in [0.1, 0.15) is 67.2 Å². The number of likely N-dealkylation sites (tertiary alicyclic amines) is 1. The van der Waals surface area contributed by atoms with Crippen molar-refractivity contribution in [3.8, 4) is 0 Å².